The van der Waals surface area contributed by atoms with E-state index >= 15 is 0 Å². The Kier molecular flexibility index (Phi) is 5.14. The SMILES string of the molecule is CCCNc1nc(NCC(O)C(C)C)c2ccsc2n1. The Morgan fingerprint density at radius 1 is 1.30 bits per heavy atom. The molecule has 1 unspecified atom stereocenters. The second-order valence-corrected chi connectivity index (χ2v) is 6.05. The monoisotopic (exact) mass is 294 g/mol. The van der Waals surface area contributed by atoms with E-state index in [0.29, 0.717) is 12.5 Å². The fourth-order valence-electron chi connectivity index (χ4n) is 1.74. The van der Waals surface area contributed by atoms with Crippen molar-refractivity contribution in [2.45, 2.75) is 33.3 Å². The van der Waals surface area contributed by atoms with E-state index in [-0.39, 0.29) is 12.0 Å². The van der Waals surface area contributed by atoms with Gasteiger partial charge in [-0.15, -0.1) is 11.3 Å². The molecule has 0 aromatic carbocycles. The van der Waals surface area contributed by atoms with Crippen molar-refractivity contribution < 1.29 is 5.11 Å². The van der Waals surface area contributed by atoms with Crippen LogP contribution >= 0.6 is 11.3 Å². The average molecular weight is 294 g/mol. The number of anilines is 2. The van der Waals surface area contributed by atoms with Crippen molar-refractivity contribution >= 4 is 33.3 Å². The number of rotatable bonds is 7. The normalized spacial score (nSPS) is 12.8. The molecule has 1 atom stereocenters. The van der Waals surface area contributed by atoms with Crippen molar-refractivity contribution in [2.75, 3.05) is 23.7 Å². The molecule has 2 rings (SSSR count). The van der Waals surface area contributed by atoms with E-state index in [0.717, 1.165) is 29.0 Å². The molecule has 6 heteroatoms. The van der Waals surface area contributed by atoms with Crippen molar-refractivity contribution in [3.05, 3.63) is 11.4 Å². The van der Waals surface area contributed by atoms with Gasteiger partial charge in [0.05, 0.1) is 11.5 Å². The summed E-state index contributed by atoms with van der Waals surface area (Å²) >= 11 is 1.60. The van der Waals surface area contributed by atoms with Gasteiger partial charge in [-0.05, 0) is 23.8 Å². The van der Waals surface area contributed by atoms with Gasteiger partial charge in [-0.2, -0.15) is 4.98 Å². The van der Waals surface area contributed by atoms with Crippen LogP contribution in [0.3, 0.4) is 0 Å². The smallest absolute Gasteiger partial charge is 0.226 e. The molecule has 0 radical (unpaired) electrons. The maximum atomic E-state index is 9.90. The molecule has 20 heavy (non-hydrogen) atoms. The Balaban J connectivity index is 2.19. The van der Waals surface area contributed by atoms with Crippen LogP contribution in [-0.2, 0) is 0 Å². The maximum absolute atomic E-state index is 9.90. The topological polar surface area (TPSA) is 70.1 Å². The predicted molar refractivity (Wildman–Crippen MR) is 85.5 cm³/mol. The van der Waals surface area contributed by atoms with E-state index in [1.54, 1.807) is 11.3 Å². The summed E-state index contributed by atoms with van der Waals surface area (Å²) in [6.07, 6.45) is 0.645. The van der Waals surface area contributed by atoms with Gasteiger partial charge < -0.3 is 15.7 Å². The van der Waals surface area contributed by atoms with Crippen molar-refractivity contribution in [1.29, 1.82) is 0 Å². The molecule has 0 saturated carbocycles. The Hall–Kier alpha value is -1.40. The maximum Gasteiger partial charge on any atom is 0.226 e. The van der Waals surface area contributed by atoms with E-state index < -0.39 is 0 Å². The van der Waals surface area contributed by atoms with Crippen molar-refractivity contribution in [1.82, 2.24) is 9.97 Å². The summed E-state index contributed by atoms with van der Waals surface area (Å²) in [5.41, 5.74) is 0. The van der Waals surface area contributed by atoms with Crippen LogP contribution in [0.25, 0.3) is 10.2 Å². The summed E-state index contributed by atoms with van der Waals surface area (Å²) in [5, 5.41) is 19.4. The van der Waals surface area contributed by atoms with Crippen molar-refractivity contribution in [2.24, 2.45) is 5.92 Å². The van der Waals surface area contributed by atoms with Gasteiger partial charge in [0.2, 0.25) is 5.95 Å². The minimum atomic E-state index is -0.384. The highest BCUT2D eigenvalue weighted by molar-refractivity contribution is 7.16. The van der Waals surface area contributed by atoms with Crippen molar-refractivity contribution in [3.63, 3.8) is 0 Å². The zero-order valence-corrected chi connectivity index (χ0v) is 13.0. The number of hydrogen-bond acceptors (Lipinski definition) is 6. The number of thiophene rings is 1. The largest absolute Gasteiger partial charge is 0.391 e. The van der Waals surface area contributed by atoms with Gasteiger partial charge in [0.15, 0.2) is 0 Å². The molecule has 0 amide bonds. The number of nitrogens with zero attached hydrogens (tertiary/aromatic N) is 2. The van der Waals surface area contributed by atoms with Gasteiger partial charge in [0, 0.05) is 13.1 Å². The second-order valence-electron chi connectivity index (χ2n) is 5.15. The average Bonchev–Trinajstić information content (AvgIpc) is 2.90. The minimum absolute atomic E-state index is 0.222. The summed E-state index contributed by atoms with van der Waals surface area (Å²) in [6, 6.07) is 2.01. The number of fused-ring (bicyclic) bond motifs is 1. The lowest BCUT2D eigenvalue weighted by molar-refractivity contribution is 0.138. The second kappa shape index (κ2) is 6.85. The van der Waals surface area contributed by atoms with Gasteiger partial charge >= 0.3 is 0 Å². The zero-order chi connectivity index (χ0) is 14.5. The zero-order valence-electron chi connectivity index (χ0n) is 12.2. The van der Waals surface area contributed by atoms with Gasteiger partial charge in [-0.3, -0.25) is 0 Å². The van der Waals surface area contributed by atoms with E-state index in [9.17, 15) is 5.11 Å². The molecule has 3 N–H and O–H groups in total. The van der Waals surface area contributed by atoms with Crippen LogP contribution in [0.15, 0.2) is 11.4 Å². The Labute approximate surface area is 123 Å². The van der Waals surface area contributed by atoms with Gasteiger partial charge in [-0.1, -0.05) is 20.8 Å². The molecule has 110 valence electrons. The van der Waals surface area contributed by atoms with Gasteiger partial charge in [0.1, 0.15) is 10.6 Å². The molecule has 5 nitrogen and oxygen atoms in total. The molecule has 0 saturated heterocycles. The molecular weight excluding hydrogens is 272 g/mol. The standard InChI is InChI=1S/C14H22N4OS/c1-4-6-15-14-17-12(16-8-11(19)9(2)3)10-5-7-20-13(10)18-14/h5,7,9,11,19H,4,6,8H2,1-3H3,(H2,15,16,17,18). The molecule has 0 fully saturated rings. The Morgan fingerprint density at radius 3 is 2.80 bits per heavy atom. The summed E-state index contributed by atoms with van der Waals surface area (Å²) in [7, 11) is 0. The van der Waals surface area contributed by atoms with Crippen LogP contribution in [0.5, 0.6) is 0 Å². The highest BCUT2D eigenvalue weighted by atomic mass is 32.1. The molecule has 0 aliphatic rings. The van der Waals surface area contributed by atoms with Gasteiger partial charge in [0.25, 0.3) is 0 Å². The van der Waals surface area contributed by atoms with Crippen LogP contribution in [0.4, 0.5) is 11.8 Å². The first kappa shape index (κ1) is 15.0. The Morgan fingerprint density at radius 2 is 2.10 bits per heavy atom. The lowest BCUT2D eigenvalue weighted by Crippen LogP contribution is -2.25. The lowest BCUT2D eigenvalue weighted by Gasteiger charge is -2.16. The molecular formula is C14H22N4OS. The number of aliphatic hydroxyl groups excluding tert-OH is 1. The predicted octanol–water partition coefficient (Wildman–Crippen LogP) is 2.94. The van der Waals surface area contributed by atoms with Crippen LogP contribution < -0.4 is 10.6 Å². The fraction of sp³-hybridized carbons (Fsp3) is 0.571. The fourth-order valence-corrected chi connectivity index (χ4v) is 2.51. The Bertz CT molecular complexity index is 555. The molecule has 0 aliphatic heterocycles. The first-order valence-corrected chi connectivity index (χ1v) is 7.90. The molecule has 2 heterocycles. The van der Waals surface area contributed by atoms with E-state index in [4.69, 9.17) is 0 Å². The van der Waals surface area contributed by atoms with Crippen LogP contribution in [0.1, 0.15) is 27.2 Å². The quantitative estimate of drug-likeness (QED) is 0.732. The lowest BCUT2D eigenvalue weighted by atomic mass is 10.1. The molecule has 2 aromatic rings. The third kappa shape index (κ3) is 3.58. The van der Waals surface area contributed by atoms with Crippen LogP contribution in [-0.4, -0.2) is 34.3 Å². The number of nitrogens with one attached hydrogen (secondary N) is 2. The van der Waals surface area contributed by atoms with E-state index in [2.05, 4.69) is 27.5 Å². The molecule has 0 spiro atoms. The minimum Gasteiger partial charge on any atom is -0.391 e. The molecule has 0 aliphatic carbocycles. The van der Waals surface area contributed by atoms with Gasteiger partial charge in [-0.25, -0.2) is 4.98 Å². The number of aliphatic hydroxyl groups is 1. The van der Waals surface area contributed by atoms with E-state index in [1.165, 1.54) is 0 Å². The molecule has 0 bridgehead atoms. The number of aromatic nitrogens is 2. The summed E-state index contributed by atoms with van der Waals surface area (Å²) in [5.74, 6) is 1.65. The molecule has 2 aromatic heterocycles. The van der Waals surface area contributed by atoms with Crippen molar-refractivity contribution in [3.8, 4) is 0 Å². The third-order valence-corrected chi connectivity index (χ3v) is 3.91. The van der Waals surface area contributed by atoms with E-state index in [1.807, 2.05) is 25.3 Å². The summed E-state index contributed by atoms with van der Waals surface area (Å²) in [4.78, 5) is 9.95. The third-order valence-electron chi connectivity index (χ3n) is 3.11. The summed E-state index contributed by atoms with van der Waals surface area (Å²) in [6.45, 7) is 7.45. The summed E-state index contributed by atoms with van der Waals surface area (Å²) < 4.78 is 0. The highest BCUT2D eigenvalue weighted by Crippen LogP contribution is 2.26. The van der Waals surface area contributed by atoms with Crippen LogP contribution in [0, 0.1) is 5.92 Å². The number of hydrogen-bond donors (Lipinski definition) is 3. The highest BCUT2D eigenvalue weighted by Gasteiger charge is 2.12. The first-order valence-electron chi connectivity index (χ1n) is 7.02. The van der Waals surface area contributed by atoms with Crippen LogP contribution in [0.2, 0.25) is 0 Å². The first-order chi connectivity index (χ1) is 9.61.